The molecule has 0 aliphatic heterocycles. The molecular formula is C47H63ClN8O6. The molecule has 1 aliphatic carbocycles. The first-order valence-electron chi connectivity index (χ1n) is 21.1. The molecule has 0 radical (unpaired) electrons. The number of carbonyl (C=O) groups is 4. The summed E-state index contributed by atoms with van der Waals surface area (Å²) in [5.41, 5.74) is 15.0. The third-order valence-electron chi connectivity index (χ3n) is 10.7. The van der Waals surface area contributed by atoms with Crippen molar-refractivity contribution in [2.24, 2.45) is 41.1 Å². The number of hydrogen-bond donors (Lipinski definition) is 6. The summed E-state index contributed by atoms with van der Waals surface area (Å²) < 4.78 is 7.78. The molecule has 62 heavy (non-hydrogen) atoms. The van der Waals surface area contributed by atoms with E-state index in [1.807, 2.05) is 6.20 Å². The number of methoxy groups -OCH3 is 2. The van der Waals surface area contributed by atoms with Gasteiger partial charge in [0.25, 0.3) is 0 Å². The van der Waals surface area contributed by atoms with Gasteiger partial charge in [-0.3, -0.25) is 9.59 Å². The van der Waals surface area contributed by atoms with Gasteiger partial charge >= 0.3 is 12.2 Å². The maximum atomic E-state index is 12.2. The molecule has 1 fully saturated rings. The van der Waals surface area contributed by atoms with Gasteiger partial charge in [-0.05, 0) is 76.5 Å². The molecule has 1 aliphatic rings. The minimum atomic E-state index is -0.745. The lowest BCUT2D eigenvalue weighted by Crippen LogP contribution is -2.29. The van der Waals surface area contributed by atoms with Crippen LogP contribution in [-0.2, 0) is 31.9 Å². The quantitative estimate of drug-likeness (QED) is 0.0561. The highest BCUT2D eigenvalue weighted by molar-refractivity contribution is 6.31. The summed E-state index contributed by atoms with van der Waals surface area (Å²) >= 11 is 6.63. The van der Waals surface area contributed by atoms with E-state index in [1.165, 1.54) is 25.0 Å². The summed E-state index contributed by atoms with van der Waals surface area (Å²) in [4.78, 5) is 59.2. The van der Waals surface area contributed by atoms with Crippen molar-refractivity contribution in [3.05, 3.63) is 83.7 Å². The molecule has 2 heterocycles. The number of halogens is 1. The first-order chi connectivity index (χ1) is 29.5. The van der Waals surface area contributed by atoms with Crippen molar-refractivity contribution in [1.29, 1.82) is 0 Å². The SMILES string of the molecule is CC(C)CC(=O)NCC(C)CCc1ncc(-c2ccc3cc(-c4ccc(-c5nc(CCC6C(C)C6NC(=O)CC(C)C)[nH]c5Cl)cc4)ccc3c2)[nH]1.COC(N)=O.COC(N)=O. The Balaban J connectivity index is 0.000000759. The largest absolute Gasteiger partial charge is 0.453 e. The molecule has 0 bridgehead atoms. The summed E-state index contributed by atoms with van der Waals surface area (Å²) in [5, 5.41) is 9.16. The van der Waals surface area contributed by atoms with Crippen LogP contribution < -0.4 is 22.1 Å². The number of benzene rings is 3. The van der Waals surface area contributed by atoms with E-state index in [2.05, 4.69) is 149 Å². The number of aromatic amines is 2. The molecule has 5 aromatic rings. The van der Waals surface area contributed by atoms with Crippen molar-refractivity contribution in [1.82, 2.24) is 30.6 Å². The number of nitrogens with one attached hydrogen (secondary N) is 4. The van der Waals surface area contributed by atoms with Crippen molar-refractivity contribution >= 4 is 46.4 Å². The van der Waals surface area contributed by atoms with Gasteiger partial charge in [-0.15, -0.1) is 0 Å². The number of nitrogens with zero attached hydrogens (tertiary/aromatic N) is 2. The topological polar surface area (TPSA) is 220 Å². The van der Waals surface area contributed by atoms with E-state index < -0.39 is 12.2 Å². The number of primary amides is 2. The normalized spacial score (nSPS) is 15.8. The van der Waals surface area contributed by atoms with Gasteiger partial charge in [-0.2, -0.15) is 0 Å². The summed E-state index contributed by atoms with van der Waals surface area (Å²) in [6, 6.07) is 21.7. The summed E-state index contributed by atoms with van der Waals surface area (Å²) in [5.74, 6) is 4.20. The van der Waals surface area contributed by atoms with Crippen molar-refractivity contribution in [2.45, 2.75) is 86.1 Å². The van der Waals surface area contributed by atoms with Crippen LogP contribution in [-0.4, -0.2) is 70.7 Å². The average Bonchev–Trinajstić information content (AvgIpc) is 3.52. The van der Waals surface area contributed by atoms with Crippen LogP contribution in [0.4, 0.5) is 9.59 Å². The molecule has 0 spiro atoms. The zero-order valence-corrected chi connectivity index (χ0v) is 37.9. The second kappa shape index (κ2) is 23.4. The molecule has 1 saturated carbocycles. The molecule has 0 saturated heterocycles. The zero-order valence-electron chi connectivity index (χ0n) is 37.1. The maximum absolute atomic E-state index is 12.2. The number of H-pyrrole nitrogens is 2. The number of nitrogens with two attached hydrogens (primary N) is 2. The van der Waals surface area contributed by atoms with E-state index >= 15 is 0 Å². The van der Waals surface area contributed by atoms with Crippen LogP contribution in [0.5, 0.6) is 0 Å². The zero-order chi connectivity index (χ0) is 45.5. The van der Waals surface area contributed by atoms with Gasteiger partial charge in [0.1, 0.15) is 22.5 Å². The number of aryl methyl sites for hydroxylation is 2. The molecule has 334 valence electrons. The monoisotopic (exact) mass is 870 g/mol. The fourth-order valence-electron chi connectivity index (χ4n) is 7.12. The van der Waals surface area contributed by atoms with Crippen LogP contribution >= 0.6 is 11.6 Å². The summed E-state index contributed by atoms with van der Waals surface area (Å²) in [7, 11) is 2.45. The van der Waals surface area contributed by atoms with E-state index in [0.717, 1.165) is 71.0 Å². The van der Waals surface area contributed by atoms with Gasteiger partial charge < -0.3 is 41.5 Å². The lowest BCUT2D eigenvalue weighted by atomic mass is 9.98. The van der Waals surface area contributed by atoms with Crippen LogP contribution in [0, 0.1) is 29.6 Å². The van der Waals surface area contributed by atoms with Crippen LogP contribution in [0.15, 0.2) is 66.9 Å². The van der Waals surface area contributed by atoms with Gasteiger partial charge in [0.15, 0.2) is 0 Å². The van der Waals surface area contributed by atoms with Gasteiger partial charge in [-0.25, -0.2) is 19.6 Å². The Morgan fingerprint density at radius 2 is 1.31 bits per heavy atom. The van der Waals surface area contributed by atoms with Gasteiger partial charge in [0.05, 0.1) is 26.1 Å². The van der Waals surface area contributed by atoms with Crippen molar-refractivity contribution in [3.63, 3.8) is 0 Å². The summed E-state index contributed by atoms with van der Waals surface area (Å²) in [6.45, 7) is 13.3. The molecule has 15 heteroatoms. The molecular weight excluding hydrogens is 808 g/mol. The molecule has 3 aromatic carbocycles. The predicted octanol–water partition coefficient (Wildman–Crippen LogP) is 8.82. The minimum Gasteiger partial charge on any atom is -0.453 e. The second-order valence-corrected chi connectivity index (χ2v) is 17.2. The number of fused-ring (bicyclic) bond motifs is 1. The summed E-state index contributed by atoms with van der Waals surface area (Å²) in [6.07, 6.45) is 5.12. The van der Waals surface area contributed by atoms with E-state index in [0.29, 0.717) is 54.1 Å². The maximum Gasteiger partial charge on any atom is 0.404 e. The standard InChI is InChI=1S/C43H53ClN6O2.2C2H5NO2/c1-25(2)19-39(51)46-23-27(5)7-17-37-45-24-36(47-37)34-15-14-32-21-31(12-13-33(32)22-34)29-8-10-30(11-9-29)42-43(44)49-38(48-42)18-16-35-28(6)41(35)50-40(52)20-26(3)4;2*1-5-2(3)4/h8-15,21-22,24-28,35,41H,7,16-20,23H2,1-6H3,(H,45,47)(H,46,51)(H,48,49)(H,50,52);2*1H3,(H2,3,4). The van der Waals surface area contributed by atoms with Gasteiger partial charge in [0.2, 0.25) is 11.8 Å². The van der Waals surface area contributed by atoms with E-state index in [-0.39, 0.29) is 17.9 Å². The van der Waals surface area contributed by atoms with Crippen molar-refractivity contribution < 1.29 is 28.7 Å². The van der Waals surface area contributed by atoms with Crippen molar-refractivity contribution in [2.75, 3.05) is 20.8 Å². The number of hydrogen-bond acceptors (Lipinski definition) is 8. The lowest BCUT2D eigenvalue weighted by molar-refractivity contribution is -0.122. The molecule has 4 unspecified atom stereocenters. The number of aromatic nitrogens is 4. The highest BCUT2D eigenvalue weighted by atomic mass is 35.5. The molecule has 2 aromatic heterocycles. The first kappa shape index (κ1) is 48.8. The van der Waals surface area contributed by atoms with E-state index in [1.54, 1.807) is 0 Å². The molecule has 6 rings (SSSR count). The Morgan fingerprint density at radius 1 is 0.758 bits per heavy atom. The third kappa shape index (κ3) is 15.2. The van der Waals surface area contributed by atoms with Crippen molar-refractivity contribution in [3.8, 4) is 33.6 Å². The van der Waals surface area contributed by atoms with Crippen LogP contribution in [0.2, 0.25) is 5.15 Å². The minimum absolute atomic E-state index is 0.128. The Hall–Kier alpha value is -5.89. The first-order valence-corrected chi connectivity index (χ1v) is 21.5. The number of amides is 4. The lowest BCUT2D eigenvalue weighted by Gasteiger charge is -2.12. The number of rotatable bonds is 16. The Bertz CT molecular complexity index is 2240. The number of imidazole rings is 2. The van der Waals surface area contributed by atoms with E-state index in [4.69, 9.17) is 16.6 Å². The Labute approximate surface area is 369 Å². The van der Waals surface area contributed by atoms with E-state index in [9.17, 15) is 19.2 Å². The van der Waals surface area contributed by atoms with Crippen LogP contribution in [0.25, 0.3) is 44.4 Å². The predicted molar refractivity (Wildman–Crippen MR) is 245 cm³/mol. The molecule has 4 atom stereocenters. The highest BCUT2D eigenvalue weighted by Gasteiger charge is 2.46. The third-order valence-corrected chi connectivity index (χ3v) is 11.0. The molecule has 4 amide bonds. The number of ether oxygens (including phenoxy) is 2. The van der Waals surface area contributed by atoms with Crippen LogP contribution in [0.3, 0.4) is 0 Å². The fraction of sp³-hybridized carbons (Fsp3) is 0.447. The molecule has 8 N–H and O–H groups in total. The fourth-order valence-corrected chi connectivity index (χ4v) is 7.38. The Morgan fingerprint density at radius 3 is 1.90 bits per heavy atom. The number of carbonyl (C=O) groups excluding carboxylic acids is 4. The smallest absolute Gasteiger partial charge is 0.404 e. The highest BCUT2D eigenvalue weighted by Crippen LogP contribution is 2.42. The van der Waals surface area contributed by atoms with Crippen LogP contribution in [0.1, 0.15) is 78.9 Å². The van der Waals surface area contributed by atoms with Gasteiger partial charge in [-0.1, -0.05) is 102 Å². The molecule has 14 nitrogen and oxygen atoms in total. The second-order valence-electron chi connectivity index (χ2n) is 16.8. The Kier molecular flexibility index (Phi) is 18.4. The average molecular weight is 872 g/mol. The van der Waals surface area contributed by atoms with Gasteiger partial charge in [0, 0.05) is 49.4 Å².